The third-order valence-electron chi connectivity index (χ3n) is 14.0. The smallest absolute Gasteiger partial charge is 0.413 e. The predicted molar refractivity (Wildman–Crippen MR) is 181 cm³/mol. The third-order valence-corrected chi connectivity index (χ3v) is 14.0. The molecule has 4 fully saturated rings. The van der Waals surface area contributed by atoms with Crippen LogP contribution in [0.25, 0.3) is 0 Å². The molecule has 1 amide bonds. The van der Waals surface area contributed by atoms with Crippen LogP contribution in [0.4, 0.5) is 19.4 Å². The number of aromatic nitrogens is 2. The average Bonchev–Trinajstić information content (AvgIpc) is 3.49. The molecule has 3 N–H and O–H groups in total. The molecule has 0 aromatic carbocycles. The van der Waals surface area contributed by atoms with Gasteiger partial charge in [-0.25, -0.2) is 18.4 Å². The van der Waals surface area contributed by atoms with Gasteiger partial charge in [0.15, 0.2) is 0 Å². The van der Waals surface area contributed by atoms with E-state index < -0.39 is 42.4 Å². The van der Waals surface area contributed by atoms with Crippen molar-refractivity contribution in [3.8, 4) is 0 Å². The van der Waals surface area contributed by atoms with E-state index in [0.29, 0.717) is 17.8 Å². The number of allylic oxidation sites excluding steroid dienone is 1. The first-order valence-corrected chi connectivity index (χ1v) is 18.6. The number of amides is 1. The van der Waals surface area contributed by atoms with Crippen molar-refractivity contribution < 1.29 is 28.5 Å². The Morgan fingerprint density at radius 3 is 2.58 bits per heavy atom. The summed E-state index contributed by atoms with van der Waals surface area (Å²) in [4.78, 5) is 29.4. The van der Waals surface area contributed by atoms with Gasteiger partial charge >= 0.3 is 11.8 Å². The summed E-state index contributed by atoms with van der Waals surface area (Å²) >= 11 is 0. The van der Waals surface area contributed by atoms with E-state index in [1.165, 1.54) is 56.6 Å². The number of hydrogen-bond donors (Lipinski definition) is 3. The Morgan fingerprint density at radius 2 is 1.90 bits per heavy atom. The summed E-state index contributed by atoms with van der Waals surface area (Å²) in [6, 6.07) is -0.364. The van der Waals surface area contributed by atoms with Crippen LogP contribution in [-0.2, 0) is 4.74 Å². The summed E-state index contributed by atoms with van der Waals surface area (Å²) in [6.45, 7) is 11.6. The Bertz CT molecular complexity index is 1430. The van der Waals surface area contributed by atoms with Crippen molar-refractivity contribution in [3.05, 3.63) is 34.4 Å². The van der Waals surface area contributed by atoms with E-state index in [-0.39, 0.29) is 23.8 Å². The molecule has 8 nitrogen and oxygen atoms in total. The fraction of sp³-hybridized carbons (Fsp3) is 0.816. The molecule has 0 radical (unpaired) electrons. The number of alkyl halides is 2. The number of nitrogens with zero attached hydrogens (tertiary/aromatic N) is 2. The largest absolute Gasteiger partial charge is 0.446 e. The quantitative estimate of drug-likeness (QED) is 0.231. The number of nitrogens with one attached hydrogen (secondary N) is 1. The highest BCUT2D eigenvalue weighted by molar-refractivity contribution is 5.83. The number of carbonyl (C=O) groups is 1. The number of aliphatic hydroxyl groups excluding tert-OH is 2. The number of ether oxygens (including phenoxy) is 1. The van der Waals surface area contributed by atoms with E-state index >= 15 is 0 Å². The molecule has 6 rings (SSSR count). The molecule has 5 aliphatic carbocycles. The maximum atomic E-state index is 14.6. The highest BCUT2D eigenvalue weighted by Crippen LogP contribution is 2.67. The van der Waals surface area contributed by atoms with Gasteiger partial charge in [-0.1, -0.05) is 65.5 Å². The molecule has 0 aliphatic heterocycles. The molecular formula is C38H57F2N3O5. The first-order chi connectivity index (χ1) is 22.7. The molecule has 268 valence electrons. The van der Waals surface area contributed by atoms with Gasteiger partial charge < -0.3 is 14.9 Å². The molecular weight excluding hydrogens is 616 g/mol. The fourth-order valence-corrected chi connectivity index (χ4v) is 11.3. The number of aliphatic hydroxyl groups is 2. The lowest BCUT2D eigenvalue weighted by Gasteiger charge is -2.58. The summed E-state index contributed by atoms with van der Waals surface area (Å²) in [6.07, 6.45) is 13.2. The van der Waals surface area contributed by atoms with Gasteiger partial charge in [-0.2, -0.15) is 4.98 Å². The predicted octanol–water partition coefficient (Wildman–Crippen LogP) is 7.75. The maximum Gasteiger partial charge on any atom is 0.413 e. The summed E-state index contributed by atoms with van der Waals surface area (Å²) in [5.74, 6) is -0.162. The van der Waals surface area contributed by atoms with Crippen molar-refractivity contribution in [2.24, 2.45) is 52.3 Å². The minimum Gasteiger partial charge on any atom is -0.446 e. The van der Waals surface area contributed by atoms with Crippen molar-refractivity contribution in [2.75, 3.05) is 11.9 Å². The van der Waals surface area contributed by atoms with E-state index in [1.807, 2.05) is 0 Å². The van der Waals surface area contributed by atoms with Crippen molar-refractivity contribution in [1.82, 2.24) is 9.55 Å². The Morgan fingerprint density at radius 1 is 1.12 bits per heavy atom. The number of carbonyl (C=O) groups excluding carboxylic acids is 1. The fourth-order valence-electron chi connectivity index (χ4n) is 11.3. The first kappa shape index (κ1) is 35.5. The summed E-state index contributed by atoms with van der Waals surface area (Å²) in [5, 5.41) is 21.8. The maximum absolute atomic E-state index is 14.6. The molecule has 1 heterocycles. The Hall–Kier alpha value is -2.33. The molecule has 0 saturated heterocycles. The van der Waals surface area contributed by atoms with Crippen molar-refractivity contribution in [3.63, 3.8) is 0 Å². The molecule has 5 aliphatic rings. The molecule has 11 atom stereocenters. The Labute approximate surface area is 284 Å². The molecule has 1 aromatic heterocycles. The summed E-state index contributed by atoms with van der Waals surface area (Å²) in [7, 11) is 0. The Kier molecular flexibility index (Phi) is 9.92. The van der Waals surface area contributed by atoms with Crippen molar-refractivity contribution in [1.29, 1.82) is 0 Å². The van der Waals surface area contributed by atoms with Gasteiger partial charge in [0, 0.05) is 25.1 Å². The van der Waals surface area contributed by atoms with Gasteiger partial charge in [-0.15, -0.1) is 0 Å². The molecule has 0 spiro atoms. The van der Waals surface area contributed by atoms with Crippen LogP contribution in [0, 0.1) is 52.3 Å². The zero-order valence-corrected chi connectivity index (χ0v) is 29.5. The molecule has 10 heteroatoms. The number of anilines is 1. The number of fused-ring (bicyclic) bond motifs is 5. The van der Waals surface area contributed by atoms with E-state index in [2.05, 4.69) is 51.0 Å². The van der Waals surface area contributed by atoms with Crippen LogP contribution in [0.1, 0.15) is 118 Å². The van der Waals surface area contributed by atoms with Gasteiger partial charge in [-0.05, 0) is 104 Å². The van der Waals surface area contributed by atoms with Crippen LogP contribution in [0.5, 0.6) is 0 Å². The second-order valence-corrected chi connectivity index (χ2v) is 17.0. The SMILES string of the molecule is CC(C)CCCC(C)C1CCC2C3CC=C4CC(OC(=O)Nc5ccn(C6CC(CO)C(O)C6(F)F)c(=O)n5)CCC4(C)C3CCC12C. The highest BCUT2D eigenvalue weighted by atomic mass is 19.3. The van der Waals surface area contributed by atoms with E-state index in [9.17, 15) is 28.6 Å². The lowest BCUT2D eigenvalue weighted by Crippen LogP contribution is -2.51. The Balaban J connectivity index is 1.06. The number of rotatable bonds is 9. The van der Waals surface area contributed by atoms with Crippen LogP contribution in [0.2, 0.25) is 0 Å². The van der Waals surface area contributed by atoms with Crippen molar-refractivity contribution in [2.45, 2.75) is 136 Å². The van der Waals surface area contributed by atoms with E-state index in [1.54, 1.807) is 0 Å². The lowest BCUT2D eigenvalue weighted by molar-refractivity contribution is -0.123. The van der Waals surface area contributed by atoms with Gasteiger partial charge in [0.05, 0.1) is 0 Å². The number of hydrogen-bond acceptors (Lipinski definition) is 6. The third kappa shape index (κ3) is 6.26. The summed E-state index contributed by atoms with van der Waals surface area (Å²) in [5.41, 5.74) is 0.998. The minimum atomic E-state index is -3.60. The number of halogens is 2. The molecule has 4 saturated carbocycles. The summed E-state index contributed by atoms with van der Waals surface area (Å²) < 4.78 is 35.9. The van der Waals surface area contributed by atoms with Crippen LogP contribution < -0.4 is 11.0 Å². The average molecular weight is 674 g/mol. The van der Waals surface area contributed by atoms with E-state index in [0.717, 1.165) is 59.6 Å². The van der Waals surface area contributed by atoms with E-state index in [4.69, 9.17) is 4.74 Å². The van der Waals surface area contributed by atoms with Crippen LogP contribution >= 0.6 is 0 Å². The standard InChI is InChI=1S/C38H57F2N3O5/c1-22(2)7-6-8-23(3)28-11-12-29-27-10-9-25-20-26(13-16-36(25,4)30(27)14-17-37(28,29)5)48-35(47)42-32-15-18-43(34(46)41-32)31-19-24(21-44)33(45)38(31,39)40/h9,15,18,22-24,26-31,33,44-45H,6-8,10-14,16-17,19-21H2,1-5H3,(H,41,42,46,47). The van der Waals surface area contributed by atoms with Crippen LogP contribution in [-0.4, -0.2) is 50.6 Å². The molecule has 48 heavy (non-hydrogen) atoms. The molecule has 11 unspecified atom stereocenters. The second-order valence-electron chi connectivity index (χ2n) is 17.0. The van der Waals surface area contributed by atoms with Crippen LogP contribution in [0.3, 0.4) is 0 Å². The minimum absolute atomic E-state index is 0.0865. The monoisotopic (exact) mass is 673 g/mol. The van der Waals surface area contributed by atoms with Gasteiger partial charge in [0.1, 0.15) is 24.1 Å². The highest BCUT2D eigenvalue weighted by Gasteiger charge is 2.60. The van der Waals surface area contributed by atoms with Gasteiger partial charge in [-0.3, -0.25) is 9.88 Å². The van der Waals surface area contributed by atoms with Gasteiger partial charge in [0.2, 0.25) is 0 Å². The second kappa shape index (κ2) is 13.4. The van der Waals surface area contributed by atoms with Gasteiger partial charge in [0.25, 0.3) is 5.92 Å². The molecule has 0 bridgehead atoms. The lowest BCUT2D eigenvalue weighted by atomic mass is 9.47. The van der Waals surface area contributed by atoms with Crippen LogP contribution in [0.15, 0.2) is 28.7 Å². The topological polar surface area (TPSA) is 114 Å². The zero-order valence-electron chi connectivity index (χ0n) is 29.5. The normalized spacial score (nSPS) is 39.2. The first-order valence-electron chi connectivity index (χ1n) is 18.6. The zero-order chi connectivity index (χ0) is 34.6. The van der Waals surface area contributed by atoms with Crippen molar-refractivity contribution >= 4 is 11.9 Å². The molecule has 1 aromatic rings.